The van der Waals surface area contributed by atoms with Crippen LogP contribution in [0.3, 0.4) is 0 Å². The molecule has 2 saturated carbocycles. The van der Waals surface area contributed by atoms with E-state index in [2.05, 4.69) is 6.58 Å². The maximum atomic E-state index is 10.6. The lowest BCUT2D eigenvalue weighted by molar-refractivity contribution is -0.330. The number of aliphatic hydroxyl groups is 6. The van der Waals surface area contributed by atoms with Crippen molar-refractivity contribution in [3.05, 3.63) is 12.2 Å². The van der Waals surface area contributed by atoms with Crippen LogP contribution >= 0.6 is 0 Å². The molecular formula is C21H36O8. The monoisotopic (exact) mass is 416 g/mol. The standard InChI is InChI=1S/C21H36O8/c1-11-4-5-15(24)21(10-23)7-6-12(8-13(11)21)20(2,3)29-19-18(27)17(26)16(25)14(9-22)28-19/h12-19,22-27H,1,4-10H2,2-3H3/t12-,13+,14-,15+,16-,17+,18-,19+,21+/m1/s1. The Bertz CT molecular complexity index is 593. The molecule has 168 valence electrons. The Kier molecular flexibility index (Phi) is 6.78. The summed E-state index contributed by atoms with van der Waals surface area (Å²) in [4.78, 5) is 0. The highest BCUT2D eigenvalue weighted by Crippen LogP contribution is 2.55. The molecule has 3 rings (SSSR count). The van der Waals surface area contributed by atoms with Crippen LogP contribution < -0.4 is 0 Å². The molecule has 0 aromatic carbocycles. The molecule has 0 radical (unpaired) electrons. The van der Waals surface area contributed by atoms with E-state index >= 15 is 0 Å². The minimum absolute atomic E-state index is 0.0207. The summed E-state index contributed by atoms with van der Waals surface area (Å²) < 4.78 is 11.6. The predicted molar refractivity (Wildman–Crippen MR) is 104 cm³/mol. The quantitative estimate of drug-likeness (QED) is 0.335. The second kappa shape index (κ2) is 8.51. The molecule has 1 aliphatic heterocycles. The third-order valence-electron chi connectivity index (χ3n) is 7.61. The van der Waals surface area contributed by atoms with Crippen molar-refractivity contribution in [2.75, 3.05) is 13.2 Å². The van der Waals surface area contributed by atoms with Gasteiger partial charge in [0.25, 0.3) is 0 Å². The van der Waals surface area contributed by atoms with Crippen LogP contribution in [0.2, 0.25) is 0 Å². The Hall–Kier alpha value is -0.580. The lowest BCUT2D eigenvalue weighted by atomic mass is 9.53. The fourth-order valence-electron chi connectivity index (χ4n) is 5.50. The van der Waals surface area contributed by atoms with E-state index in [9.17, 15) is 30.6 Å². The summed E-state index contributed by atoms with van der Waals surface area (Å²) in [6.45, 7) is 7.37. The molecule has 6 N–H and O–H groups in total. The maximum absolute atomic E-state index is 10.6. The van der Waals surface area contributed by atoms with Gasteiger partial charge in [0.1, 0.15) is 24.4 Å². The van der Waals surface area contributed by atoms with E-state index < -0.39 is 54.4 Å². The molecule has 8 nitrogen and oxygen atoms in total. The van der Waals surface area contributed by atoms with Crippen molar-refractivity contribution in [2.24, 2.45) is 17.3 Å². The first-order valence-electron chi connectivity index (χ1n) is 10.5. The van der Waals surface area contributed by atoms with Crippen molar-refractivity contribution in [2.45, 2.75) is 88.4 Å². The molecule has 2 aliphatic carbocycles. The van der Waals surface area contributed by atoms with Gasteiger partial charge in [-0.3, -0.25) is 0 Å². The normalized spacial score (nSPS) is 46.4. The smallest absolute Gasteiger partial charge is 0.187 e. The molecule has 1 saturated heterocycles. The summed E-state index contributed by atoms with van der Waals surface area (Å²) in [5, 5.41) is 60.4. The van der Waals surface area contributed by atoms with E-state index in [0.29, 0.717) is 25.7 Å². The Labute approximate surface area is 171 Å². The number of hydrogen-bond acceptors (Lipinski definition) is 8. The Balaban J connectivity index is 1.74. The van der Waals surface area contributed by atoms with Crippen molar-refractivity contribution in [1.82, 2.24) is 0 Å². The van der Waals surface area contributed by atoms with Crippen LogP contribution in [0, 0.1) is 17.3 Å². The lowest BCUT2D eigenvalue weighted by Gasteiger charge is -2.55. The number of aliphatic hydroxyl groups excluding tert-OH is 6. The van der Waals surface area contributed by atoms with Crippen molar-refractivity contribution in [1.29, 1.82) is 0 Å². The zero-order valence-electron chi connectivity index (χ0n) is 17.3. The third kappa shape index (κ3) is 4.02. The van der Waals surface area contributed by atoms with Crippen LogP contribution in [0.25, 0.3) is 0 Å². The van der Waals surface area contributed by atoms with Crippen LogP contribution in [-0.4, -0.2) is 86.3 Å². The van der Waals surface area contributed by atoms with E-state index in [1.54, 1.807) is 0 Å². The summed E-state index contributed by atoms with van der Waals surface area (Å²) in [5.74, 6) is 0.0225. The van der Waals surface area contributed by atoms with Gasteiger partial charge in [-0.05, 0) is 57.8 Å². The molecule has 1 heterocycles. The molecule has 29 heavy (non-hydrogen) atoms. The van der Waals surface area contributed by atoms with Gasteiger partial charge in [0.15, 0.2) is 6.29 Å². The molecule has 9 atom stereocenters. The van der Waals surface area contributed by atoms with Gasteiger partial charge in [-0.25, -0.2) is 0 Å². The largest absolute Gasteiger partial charge is 0.396 e. The molecule has 8 heteroatoms. The zero-order chi connectivity index (χ0) is 21.6. The second-order valence-corrected chi connectivity index (χ2v) is 9.55. The number of ether oxygens (including phenoxy) is 2. The van der Waals surface area contributed by atoms with Crippen LogP contribution in [-0.2, 0) is 9.47 Å². The fraction of sp³-hybridized carbons (Fsp3) is 0.905. The summed E-state index contributed by atoms with van der Waals surface area (Å²) in [7, 11) is 0. The van der Waals surface area contributed by atoms with Gasteiger partial charge >= 0.3 is 0 Å². The van der Waals surface area contributed by atoms with Gasteiger partial charge in [-0.2, -0.15) is 0 Å². The summed E-state index contributed by atoms with van der Waals surface area (Å²) in [6.07, 6.45) is -3.74. The van der Waals surface area contributed by atoms with E-state index in [4.69, 9.17) is 9.47 Å². The molecule has 0 amide bonds. The van der Waals surface area contributed by atoms with Gasteiger partial charge in [-0.15, -0.1) is 0 Å². The highest BCUT2D eigenvalue weighted by molar-refractivity contribution is 5.17. The van der Waals surface area contributed by atoms with Crippen LogP contribution in [0.15, 0.2) is 12.2 Å². The first kappa shape index (κ1) is 23.1. The van der Waals surface area contributed by atoms with Crippen molar-refractivity contribution >= 4 is 0 Å². The SMILES string of the molecule is C=C1CC[C@H](O)[C@]2(CO)CC[C@@H](C(C)(C)O[C@@H]3O[C@H](CO)[C@@H](O)[C@H](O)[C@H]3O)C[C@@H]12. The molecule has 0 bridgehead atoms. The molecule has 0 spiro atoms. The van der Waals surface area contributed by atoms with Crippen LogP contribution in [0.1, 0.15) is 46.0 Å². The van der Waals surface area contributed by atoms with Gasteiger partial charge in [0, 0.05) is 5.41 Å². The Morgan fingerprint density at radius 3 is 2.41 bits per heavy atom. The lowest BCUT2D eigenvalue weighted by Crippen LogP contribution is -2.61. The van der Waals surface area contributed by atoms with Crippen molar-refractivity contribution in [3.8, 4) is 0 Å². The summed E-state index contributed by atoms with van der Waals surface area (Å²) in [6, 6.07) is 0. The molecule has 3 fully saturated rings. The van der Waals surface area contributed by atoms with Gasteiger partial charge in [-0.1, -0.05) is 12.2 Å². The predicted octanol–water partition coefficient (Wildman–Crippen LogP) is -0.313. The zero-order valence-corrected chi connectivity index (χ0v) is 17.3. The average Bonchev–Trinajstić information content (AvgIpc) is 2.70. The number of rotatable bonds is 5. The number of allylic oxidation sites excluding steroid dienone is 1. The topological polar surface area (TPSA) is 140 Å². The average molecular weight is 417 g/mol. The number of hydrogen-bond donors (Lipinski definition) is 6. The summed E-state index contributed by atoms with van der Waals surface area (Å²) >= 11 is 0. The number of fused-ring (bicyclic) bond motifs is 1. The molecule has 0 unspecified atom stereocenters. The molecular weight excluding hydrogens is 380 g/mol. The first-order chi connectivity index (χ1) is 13.6. The van der Waals surface area contributed by atoms with Crippen LogP contribution in [0.5, 0.6) is 0 Å². The summed E-state index contributed by atoms with van der Waals surface area (Å²) in [5.41, 5.74) is -0.277. The molecule has 3 aliphatic rings. The maximum Gasteiger partial charge on any atom is 0.187 e. The minimum Gasteiger partial charge on any atom is -0.396 e. The second-order valence-electron chi connectivity index (χ2n) is 9.55. The van der Waals surface area contributed by atoms with Gasteiger partial charge in [0.05, 0.1) is 24.9 Å². The van der Waals surface area contributed by atoms with Crippen molar-refractivity contribution < 1.29 is 40.1 Å². The highest BCUT2D eigenvalue weighted by Gasteiger charge is 2.54. The van der Waals surface area contributed by atoms with E-state index in [1.165, 1.54) is 0 Å². The van der Waals surface area contributed by atoms with E-state index in [-0.39, 0.29) is 18.4 Å². The third-order valence-corrected chi connectivity index (χ3v) is 7.61. The van der Waals surface area contributed by atoms with Gasteiger partial charge in [0.2, 0.25) is 0 Å². The van der Waals surface area contributed by atoms with Crippen LogP contribution in [0.4, 0.5) is 0 Å². The fourth-order valence-corrected chi connectivity index (χ4v) is 5.50. The minimum atomic E-state index is -1.48. The first-order valence-corrected chi connectivity index (χ1v) is 10.5. The Morgan fingerprint density at radius 1 is 1.10 bits per heavy atom. The van der Waals surface area contributed by atoms with E-state index in [0.717, 1.165) is 12.0 Å². The molecule has 0 aromatic rings. The Morgan fingerprint density at radius 2 is 1.79 bits per heavy atom. The van der Waals surface area contributed by atoms with E-state index in [1.807, 2.05) is 13.8 Å². The van der Waals surface area contributed by atoms with Crippen molar-refractivity contribution in [3.63, 3.8) is 0 Å². The molecule has 0 aromatic heterocycles. The highest BCUT2D eigenvalue weighted by atomic mass is 16.7. The van der Waals surface area contributed by atoms with Gasteiger partial charge < -0.3 is 40.1 Å².